The molecule has 0 saturated heterocycles. The lowest BCUT2D eigenvalue weighted by Gasteiger charge is -2.19. The summed E-state index contributed by atoms with van der Waals surface area (Å²) in [6.07, 6.45) is 8.95. The molecule has 2 aliphatic carbocycles. The maximum Gasteiger partial charge on any atom is 0.0607 e. The van der Waals surface area contributed by atoms with Crippen molar-refractivity contribution in [3.63, 3.8) is 0 Å². The molecule has 1 N–H and O–H groups in total. The van der Waals surface area contributed by atoms with Gasteiger partial charge in [0.1, 0.15) is 0 Å². The Hall–Kier alpha value is -0.790. The van der Waals surface area contributed by atoms with Gasteiger partial charge in [-0.2, -0.15) is 0 Å². The van der Waals surface area contributed by atoms with Gasteiger partial charge in [0.05, 0.1) is 5.71 Å². The smallest absolute Gasteiger partial charge is 0.0607 e. The van der Waals surface area contributed by atoms with Gasteiger partial charge in [-0.1, -0.05) is 17.3 Å². The highest BCUT2D eigenvalue weighted by molar-refractivity contribution is 5.88. The van der Waals surface area contributed by atoms with E-state index in [1.807, 2.05) is 0 Å². The zero-order valence-corrected chi connectivity index (χ0v) is 6.53. The van der Waals surface area contributed by atoms with Crippen molar-refractivity contribution in [1.82, 2.24) is 0 Å². The lowest BCUT2D eigenvalue weighted by Crippen LogP contribution is -2.16. The van der Waals surface area contributed by atoms with Gasteiger partial charge in [0.2, 0.25) is 0 Å². The number of nitrogens with zero attached hydrogens (tertiary/aromatic N) is 1. The van der Waals surface area contributed by atoms with Crippen LogP contribution in [0.25, 0.3) is 0 Å². The Morgan fingerprint density at radius 3 is 3.00 bits per heavy atom. The van der Waals surface area contributed by atoms with Gasteiger partial charge >= 0.3 is 0 Å². The molecular weight excluding hydrogens is 138 g/mol. The standard InChI is InChI=1S/C9H13NO/c11-10-9-6-5-7-3-1-2-4-8(7)9/h1-2,7-8,11H,3-6H2/t7-,8+/m1/s1. The monoisotopic (exact) mass is 151 g/mol. The number of hydrogen-bond donors (Lipinski definition) is 1. The molecule has 0 amide bonds. The Morgan fingerprint density at radius 1 is 1.36 bits per heavy atom. The van der Waals surface area contributed by atoms with Gasteiger partial charge in [0.25, 0.3) is 0 Å². The fourth-order valence-corrected chi connectivity index (χ4v) is 2.24. The molecule has 2 rings (SSSR count). The molecule has 2 heteroatoms. The molecule has 1 saturated carbocycles. The molecule has 0 spiro atoms. The number of oxime groups is 1. The molecule has 0 aromatic rings. The van der Waals surface area contributed by atoms with Crippen LogP contribution in [0.1, 0.15) is 25.7 Å². The molecule has 11 heavy (non-hydrogen) atoms. The molecular formula is C9H13NO. The van der Waals surface area contributed by atoms with Crippen LogP contribution in [0.15, 0.2) is 17.3 Å². The molecule has 0 aliphatic heterocycles. The Balaban J connectivity index is 2.17. The van der Waals surface area contributed by atoms with Crippen molar-refractivity contribution in [1.29, 1.82) is 0 Å². The van der Waals surface area contributed by atoms with Gasteiger partial charge in [0.15, 0.2) is 0 Å². The zero-order valence-electron chi connectivity index (χ0n) is 6.53. The summed E-state index contributed by atoms with van der Waals surface area (Å²) in [7, 11) is 0. The van der Waals surface area contributed by atoms with E-state index in [9.17, 15) is 0 Å². The SMILES string of the molecule is ON=C1CC[C@H]2CC=CC[C@H]12. The lowest BCUT2D eigenvalue weighted by molar-refractivity contribution is 0.312. The van der Waals surface area contributed by atoms with Crippen molar-refractivity contribution in [2.45, 2.75) is 25.7 Å². The zero-order chi connectivity index (χ0) is 7.68. The van der Waals surface area contributed by atoms with Gasteiger partial charge < -0.3 is 5.21 Å². The van der Waals surface area contributed by atoms with Crippen LogP contribution in [0, 0.1) is 11.8 Å². The van der Waals surface area contributed by atoms with E-state index in [1.54, 1.807) is 0 Å². The van der Waals surface area contributed by atoms with Crippen LogP contribution in [0.3, 0.4) is 0 Å². The second-order valence-electron chi connectivity index (χ2n) is 3.44. The topological polar surface area (TPSA) is 32.6 Å². The molecule has 0 heterocycles. The summed E-state index contributed by atoms with van der Waals surface area (Å²) in [5, 5.41) is 12.0. The minimum Gasteiger partial charge on any atom is -0.411 e. The summed E-state index contributed by atoms with van der Waals surface area (Å²) in [5.41, 5.74) is 1.03. The maximum atomic E-state index is 8.67. The second kappa shape index (κ2) is 2.68. The van der Waals surface area contributed by atoms with E-state index in [0.717, 1.165) is 24.5 Å². The lowest BCUT2D eigenvalue weighted by atomic mass is 9.85. The molecule has 60 valence electrons. The third-order valence-corrected chi connectivity index (χ3v) is 2.89. The van der Waals surface area contributed by atoms with Gasteiger partial charge in [-0.05, 0) is 31.6 Å². The first-order valence-electron chi connectivity index (χ1n) is 4.27. The second-order valence-corrected chi connectivity index (χ2v) is 3.44. The first-order chi connectivity index (χ1) is 5.42. The van der Waals surface area contributed by atoms with Crippen LogP contribution in [0.4, 0.5) is 0 Å². The van der Waals surface area contributed by atoms with E-state index < -0.39 is 0 Å². The molecule has 0 bridgehead atoms. The van der Waals surface area contributed by atoms with Gasteiger partial charge in [-0.3, -0.25) is 0 Å². The van der Waals surface area contributed by atoms with E-state index in [0.29, 0.717) is 5.92 Å². The van der Waals surface area contributed by atoms with Gasteiger partial charge in [-0.25, -0.2) is 0 Å². The van der Waals surface area contributed by atoms with Crippen LogP contribution in [0.2, 0.25) is 0 Å². The van der Waals surface area contributed by atoms with E-state index in [2.05, 4.69) is 17.3 Å². The average molecular weight is 151 g/mol. The average Bonchev–Trinajstić information content (AvgIpc) is 2.47. The number of allylic oxidation sites excluding steroid dienone is 2. The quantitative estimate of drug-likeness (QED) is 0.321. The molecule has 2 aliphatic rings. The maximum absolute atomic E-state index is 8.67. The Kier molecular flexibility index (Phi) is 1.68. The Bertz CT molecular complexity index is 208. The summed E-state index contributed by atoms with van der Waals surface area (Å²) >= 11 is 0. The van der Waals surface area contributed by atoms with Crippen LogP contribution < -0.4 is 0 Å². The number of fused-ring (bicyclic) bond motifs is 1. The van der Waals surface area contributed by atoms with Crippen molar-refractivity contribution in [2.24, 2.45) is 17.0 Å². The van der Waals surface area contributed by atoms with Crippen molar-refractivity contribution in [3.8, 4) is 0 Å². The van der Waals surface area contributed by atoms with E-state index in [-0.39, 0.29) is 0 Å². The van der Waals surface area contributed by atoms with Crippen LogP contribution >= 0.6 is 0 Å². The Labute approximate surface area is 66.6 Å². The highest BCUT2D eigenvalue weighted by atomic mass is 16.4. The molecule has 2 nitrogen and oxygen atoms in total. The van der Waals surface area contributed by atoms with E-state index in [1.165, 1.54) is 12.8 Å². The molecule has 0 radical (unpaired) electrons. The predicted octanol–water partition coefficient (Wildman–Crippen LogP) is 2.19. The van der Waals surface area contributed by atoms with Crippen molar-refractivity contribution in [2.75, 3.05) is 0 Å². The predicted molar refractivity (Wildman–Crippen MR) is 43.8 cm³/mol. The van der Waals surface area contributed by atoms with Crippen molar-refractivity contribution >= 4 is 5.71 Å². The minimum atomic E-state index is 0.560. The van der Waals surface area contributed by atoms with E-state index >= 15 is 0 Å². The Morgan fingerprint density at radius 2 is 2.18 bits per heavy atom. The molecule has 1 fully saturated rings. The third-order valence-electron chi connectivity index (χ3n) is 2.89. The summed E-state index contributed by atoms with van der Waals surface area (Å²) in [6, 6.07) is 0. The van der Waals surface area contributed by atoms with Gasteiger partial charge in [0, 0.05) is 5.92 Å². The number of hydrogen-bond acceptors (Lipinski definition) is 2. The molecule has 0 aromatic carbocycles. The summed E-state index contributed by atoms with van der Waals surface area (Å²) in [6.45, 7) is 0. The summed E-state index contributed by atoms with van der Waals surface area (Å²) in [4.78, 5) is 0. The van der Waals surface area contributed by atoms with Crippen LogP contribution in [-0.4, -0.2) is 10.9 Å². The first-order valence-corrected chi connectivity index (χ1v) is 4.27. The third kappa shape index (κ3) is 1.06. The summed E-state index contributed by atoms with van der Waals surface area (Å²) < 4.78 is 0. The fraction of sp³-hybridized carbons (Fsp3) is 0.667. The van der Waals surface area contributed by atoms with Gasteiger partial charge in [-0.15, -0.1) is 0 Å². The van der Waals surface area contributed by atoms with Crippen LogP contribution in [-0.2, 0) is 0 Å². The fourth-order valence-electron chi connectivity index (χ4n) is 2.24. The molecule has 0 unspecified atom stereocenters. The van der Waals surface area contributed by atoms with Crippen molar-refractivity contribution < 1.29 is 5.21 Å². The first kappa shape index (κ1) is 6.89. The summed E-state index contributed by atoms with van der Waals surface area (Å²) in [5.74, 6) is 1.33. The highest BCUT2D eigenvalue weighted by Gasteiger charge is 2.32. The van der Waals surface area contributed by atoms with E-state index in [4.69, 9.17) is 5.21 Å². The number of rotatable bonds is 0. The van der Waals surface area contributed by atoms with Crippen molar-refractivity contribution in [3.05, 3.63) is 12.2 Å². The van der Waals surface area contributed by atoms with Crippen LogP contribution in [0.5, 0.6) is 0 Å². The molecule has 0 aromatic heterocycles. The normalized spacial score (nSPS) is 39.5. The molecule has 2 atom stereocenters. The highest BCUT2D eigenvalue weighted by Crippen LogP contribution is 2.37. The minimum absolute atomic E-state index is 0.560. The largest absolute Gasteiger partial charge is 0.411 e.